The van der Waals surface area contributed by atoms with Gasteiger partial charge in [-0.05, 0) is 61.7 Å². The van der Waals surface area contributed by atoms with Crippen LogP contribution < -0.4 is 15.4 Å². The van der Waals surface area contributed by atoms with E-state index in [-0.39, 0.29) is 17.1 Å². The largest absolute Gasteiger partial charge is 0.346 e. The van der Waals surface area contributed by atoms with Crippen LogP contribution in [0.4, 0.5) is 10.1 Å². The van der Waals surface area contributed by atoms with Crippen LogP contribution in [0.15, 0.2) is 79.0 Å². The molecule has 0 aliphatic heterocycles. The number of amides is 1. The highest BCUT2D eigenvalue weighted by Gasteiger charge is 2.26. The number of nitrogens with zero attached hydrogens (tertiary/aromatic N) is 4. The number of hydrogen-bond acceptors (Lipinski definition) is 6. The third-order valence-corrected chi connectivity index (χ3v) is 7.71. The predicted molar refractivity (Wildman–Crippen MR) is 149 cm³/mol. The lowest BCUT2D eigenvalue weighted by Gasteiger charge is -2.22. The first kappa shape index (κ1) is 27.9. The fourth-order valence-corrected chi connectivity index (χ4v) is 4.60. The summed E-state index contributed by atoms with van der Waals surface area (Å²) in [7, 11) is -2.22. The van der Waals surface area contributed by atoms with Crippen molar-refractivity contribution in [2.75, 3.05) is 17.6 Å². The Morgan fingerprint density at radius 3 is 2.44 bits per heavy atom. The van der Waals surface area contributed by atoms with Crippen molar-refractivity contribution in [3.63, 3.8) is 0 Å². The van der Waals surface area contributed by atoms with Gasteiger partial charge in [0.1, 0.15) is 11.5 Å². The Hall–Kier alpha value is -4.09. The summed E-state index contributed by atoms with van der Waals surface area (Å²) < 4.78 is 40.5. The second-order valence-corrected chi connectivity index (χ2v) is 11.9. The summed E-state index contributed by atoms with van der Waals surface area (Å²) in [5.74, 6) is -0.812. The number of sulfonamides is 1. The molecule has 4 aromatic rings. The van der Waals surface area contributed by atoms with Crippen LogP contribution in [0, 0.1) is 5.82 Å². The first-order valence-electron chi connectivity index (χ1n) is 12.2. The van der Waals surface area contributed by atoms with Crippen LogP contribution in [0.3, 0.4) is 0 Å². The molecule has 4 rings (SSSR count). The lowest BCUT2D eigenvalue weighted by Crippen LogP contribution is -2.36. The molecular weight excluding hydrogens is 519 g/mol. The molecule has 0 unspecified atom stereocenters. The second-order valence-electron chi connectivity index (χ2n) is 9.84. The molecule has 39 heavy (non-hydrogen) atoms. The molecule has 9 nitrogen and oxygen atoms in total. The van der Waals surface area contributed by atoms with Crippen molar-refractivity contribution in [3.05, 3.63) is 107 Å². The minimum atomic E-state index is -3.62. The molecule has 0 fully saturated rings. The maximum absolute atomic E-state index is 13.3. The number of carbonyl (C=O) groups excluding carboxylic acids is 1. The van der Waals surface area contributed by atoms with Crippen molar-refractivity contribution in [2.24, 2.45) is 5.73 Å². The lowest BCUT2D eigenvalue weighted by atomic mass is 9.91. The van der Waals surface area contributed by atoms with E-state index in [1.54, 1.807) is 37.4 Å². The van der Waals surface area contributed by atoms with E-state index < -0.39 is 27.5 Å². The van der Waals surface area contributed by atoms with E-state index in [1.807, 2.05) is 37.3 Å². The Kier molecular flexibility index (Phi) is 7.84. The van der Waals surface area contributed by atoms with Crippen molar-refractivity contribution < 1.29 is 17.6 Å². The maximum atomic E-state index is 13.3. The van der Waals surface area contributed by atoms with Gasteiger partial charge in [-0.2, -0.15) is 0 Å². The van der Waals surface area contributed by atoms with Gasteiger partial charge in [-0.15, -0.1) is 5.10 Å². The highest BCUT2D eigenvalue weighted by molar-refractivity contribution is 7.92. The minimum Gasteiger partial charge on any atom is -0.346 e. The number of halogens is 1. The molecule has 1 aromatic heterocycles. The SMILES string of the molecule is C[C@@H](NC(=O)c1cc(N(C)S(C)(=O)=O)cc(-n2cc([C@](C)(N)Cc3ccccc3)nn2)c1)c1ccc(F)cc1. The Morgan fingerprint density at radius 2 is 1.79 bits per heavy atom. The molecule has 2 atom stereocenters. The number of anilines is 1. The number of benzene rings is 3. The zero-order valence-corrected chi connectivity index (χ0v) is 23.0. The molecule has 0 saturated carbocycles. The molecule has 3 aromatic carbocycles. The minimum absolute atomic E-state index is 0.212. The number of rotatable bonds is 9. The van der Waals surface area contributed by atoms with Crippen molar-refractivity contribution in [2.45, 2.75) is 31.8 Å². The average molecular weight is 551 g/mol. The van der Waals surface area contributed by atoms with E-state index in [4.69, 9.17) is 5.73 Å². The van der Waals surface area contributed by atoms with Crippen molar-refractivity contribution in [1.82, 2.24) is 20.3 Å². The summed E-state index contributed by atoms with van der Waals surface area (Å²) in [5.41, 5.74) is 8.98. The quantitative estimate of drug-likeness (QED) is 0.328. The van der Waals surface area contributed by atoms with Gasteiger partial charge in [-0.25, -0.2) is 17.5 Å². The van der Waals surface area contributed by atoms with Gasteiger partial charge in [0.25, 0.3) is 5.91 Å². The van der Waals surface area contributed by atoms with E-state index in [0.717, 1.165) is 21.7 Å². The van der Waals surface area contributed by atoms with Crippen molar-refractivity contribution in [1.29, 1.82) is 0 Å². The Balaban J connectivity index is 1.67. The zero-order chi connectivity index (χ0) is 28.4. The van der Waals surface area contributed by atoms with E-state index in [2.05, 4.69) is 15.6 Å². The maximum Gasteiger partial charge on any atom is 0.251 e. The van der Waals surface area contributed by atoms with Crippen molar-refractivity contribution in [3.8, 4) is 5.69 Å². The molecule has 0 spiro atoms. The van der Waals surface area contributed by atoms with Crippen LogP contribution in [0.1, 0.15) is 47.1 Å². The van der Waals surface area contributed by atoms with Gasteiger partial charge in [0.2, 0.25) is 10.0 Å². The molecule has 1 amide bonds. The standard InChI is InChI=1S/C28H31FN6O3S/c1-19(21-10-12-23(29)13-11-21)31-27(36)22-14-24(34(3)39(4,37)38)16-25(15-22)35-18-26(32-33-35)28(2,30)17-20-8-6-5-7-9-20/h5-16,18-19H,17,30H2,1-4H3,(H,31,36)/t19-,28-/m1/s1. The van der Waals surface area contributed by atoms with Crippen LogP contribution in [0.2, 0.25) is 0 Å². The van der Waals surface area contributed by atoms with Gasteiger partial charge in [0.15, 0.2) is 0 Å². The highest BCUT2D eigenvalue weighted by Crippen LogP contribution is 2.26. The number of carbonyl (C=O) groups is 1. The molecule has 1 heterocycles. The average Bonchev–Trinajstić information content (AvgIpc) is 3.40. The lowest BCUT2D eigenvalue weighted by molar-refractivity contribution is 0.0940. The number of hydrogen-bond donors (Lipinski definition) is 2. The van der Waals surface area contributed by atoms with E-state index in [1.165, 1.54) is 29.9 Å². The second kappa shape index (κ2) is 11.0. The molecule has 204 valence electrons. The predicted octanol–water partition coefficient (Wildman–Crippen LogP) is 3.71. The highest BCUT2D eigenvalue weighted by atomic mass is 32.2. The number of nitrogens with one attached hydrogen (secondary N) is 1. The first-order valence-corrected chi connectivity index (χ1v) is 14.1. The Morgan fingerprint density at radius 1 is 1.13 bits per heavy atom. The van der Waals surface area contributed by atoms with Gasteiger partial charge in [-0.3, -0.25) is 9.10 Å². The van der Waals surface area contributed by atoms with Gasteiger partial charge in [-0.1, -0.05) is 47.7 Å². The number of aromatic nitrogens is 3. The normalized spacial score (nSPS) is 13.9. The topological polar surface area (TPSA) is 123 Å². The smallest absolute Gasteiger partial charge is 0.251 e. The molecular formula is C28H31FN6O3S. The van der Waals surface area contributed by atoms with E-state index in [9.17, 15) is 17.6 Å². The van der Waals surface area contributed by atoms with Crippen LogP contribution in [0.25, 0.3) is 5.69 Å². The zero-order valence-electron chi connectivity index (χ0n) is 22.2. The molecule has 0 aliphatic carbocycles. The van der Waals surface area contributed by atoms with Gasteiger partial charge < -0.3 is 11.1 Å². The monoisotopic (exact) mass is 550 g/mol. The Bertz CT molecular complexity index is 1570. The van der Waals surface area contributed by atoms with Crippen molar-refractivity contribution >= 4 is 21.6 Å². The third kappa shape index (κ3) is 6.68. The Labute approximate surface area is 227 Å². The van der Waals surface area contributed by atoms with Gasteiger partial charge in [0.05, 0.1) is 35.4 Å². The van der Waals surface area contributed by atoms with E-state index in [0.29, 0.717) is 17.8 Å². The summed E-state index contributed by atoms with van der Waals surface area (Å²) in [6.45, 7) is 3.63. The van der Waals surface area contributed by atoms with Crippen LogP contribution in [-0.4, -0.2) is 42.6 Å². The first-order chi connectivity index (χ1) is 18.3. The molecule has 11 heteroatoms. The molecule has 0 radical (unpaired) electrons. The summed E-state index contributed by atoms with van der Waals surface area (Å²) in [4.78, 5) is 13.3. The molecule has 0 aliphatic rings. The van der Waals surface area contributed by atoms with Crippen LogP contribution in [0.5, 0.6) is 0 Å². The third-order valence-electron chi connectivity index (χ3n) is 6.50. The van der Waals surface area contributed by atoms with Crippen LogP contribution >= 0.6 is 0 Å². The number of nitrogens with two attached hydrogens (primary N) is 1. The summed E-state index contributed by atoms with van der Waals surface area (Å²) in [5, 5.41) is 11.4. The fourth-order valence-electron chi connectivity index (χ4n) is 4.11. The summed E-state index contributed by atoms with van der Waals surface area (Å²) in [6, 6.07) is 19.9. The van der Waals surface area contributed by atoms with Gasteiger partial charge in [0, 0.05) is 12.6 Å². The van der Waals surface area contributed by atoms with E-state index >= 15 is 0 Å². The molecule has 0 saturated heterocycles. The summed E-state index contributed by atoms with van der Waals surface area (Å²) in [6.07, 6.45) is 3.27. The summed E-state index contributed by atoms with van der Waals surface area (Å²) >= 11 is 0. The van der Waals surface area contributed by atoms with Gasteiger partial charge >= 0.3 is 0 Å². The molecule has 3 N–H and O–H groups in total. The molecule has 0 bridgehead atoms. The van der Waals surface area contributed by atoms with Crippen LogP contribution in [-0.2, 0) is 22.0 Å². The fraction of sp³-hybridized carbons (Fsp3) is 0.250.